The van der Waals surface area contributed by atoms with Gasteiger partial charge in [0.1, 0.15) is 11.7 Å². The first-order chi connectivity index (χ1) is 8.75. The van der Waals surface area contributed by atoms with Gasteiger partial charge in [-0.05, 0) is 19.4 Å². The van der Waals surface area contributed by atoms with Crippen LogP contribution >= 0.6 is 0 Å². The Balaban J connectivity index is 1.92. The van der Waals surface area contributed by atoms with Crippen molar-refractivity contribution < 1.29 is 0 Å². The van der Waals surface area contributed by atoms with Crippen LogP contribution in [0.15, 0.2) is 17.3 Å². The van der Waals surface area contributed by atoms with Crippen molar-refractivity contribution in [3.63, 3.8) is 0 Å². The van der Waals surface area contributed by atoms with Crippen molar-refractivity contribution in [3.05, 3.63) is 22.9 Å². The molecule has 1 N–H and O–H groups in total. The van der Waals surface area contributed by atoms with E-state index in [1.165, 1.54) is 12.8 Å². The van der Waals surface area contributed by atoms with Gasteiger partial charge in [0.25, 0.3) is 5.56 Å². The number of nitrogens with zero attached hydrogens (tertiary/aromatic N) is 4. The van der Waals surface area contributed by atoms with Crippen LogP contribution in [0, 0.1) is 0 Å². The third kappa shape index (κ3) is 1.92. The molecule has 0 spiro atoms. The molecular formula is C12H17N5O. The highest BCUT2D eigenvalue weighted by molar-refractivity contribution is 5.72. The van der Waals surface area contributed by atoms with Crippen LogP contribution in [-0.2, 0) is 13.6 Å². The molecule has 3 rings (SSSR count). The summed E-state index contributed by atoms with van der Waals surface area (Å²) in [7, 11) is 1.79. The number of aromatic nitrogens is 4. The van der Waals surface area contributed by atoms with Crippen LogP contribution in [0.5, 0.6) is 0 Å². The van der Waals surface area contributed by atoms with Crippen molar-refractivity contribution in [3.8, 4) is 0 Å². The van der Waals surface area contributed by atoms with Gasteiger partial charge < -0.3 is 5.32 Å². The monoisotopic (exact) mass is 247 g/mol. The molecular weight excluding hydrogens is 230 g/mol. The van der Waals surface area contributed by atoms with Gasteiger partial charge in [0, 0.05) is 19.6 Å². The van der Waals surface area contributed by atoms with Crippen molar-refractivity contribution in [2.75, 3.05) is 6.54 Å². The third-order valence-corrected chi connectivity index (χ3v) is 3.55. The first kappa shape index (κ1) is 11.4. The lowest BCUT2D eigenvalue weighted by molar-refractivity contribution is 0.359. The minimum absolute atomic E-state index is 0.000438. The predicted octanol–water partition coefficient (Wildman–Crippen LogP) is 0.272. The van der Waals surface area contributed by atoms with E-state index in [0.29, 0.717) is 23.6 Å². The maximum atomic E-state index is 12.3. The van der Waals surface area contributed by atoms with Crippen LogP contribution in [0.3, 0.4) is 0 Å². The van der Waals surface area contributed by atoms with Crippen molar-refractivity contribution >= 4 is 11.0 Å². The van der Waals surface area contributed by atoms with Gasteiger partial charge in [-0.3, -0.25) is 14.0 Å². The van der Waals surface area contributed by atoms with Crippen molar-refractivity contribution in [2.45, 2.75) is 31.8 Å². The predicted molar refractivity (Wildman–Crippen MR) is 68.4 cm³/mol. The van der Waals surface area contributed by atoms with Crippen molar-refractivity contribution in [1.82, 2.24) is 24.6 Å². The van der Waals surface area contributed by atoms with Gasteiger partial charge in [0.15, 0.2) is 5.65 Å². The summed E-state index contributed by atoms with van der Waals surface area (Å²) in [5, 5.41) is 8.10. The molecule has 0 saturated carbocycles. The summed E-state index contributed by atoms with van der Waals surface area (Å²) >= 11 is 0. The molecule has 1 fully saturated rings. The SMILES string of the molecule is Cn1ncc2c(=O)n(CC3CCCCN3)cnc21. The lowest BCUT2D eigenvalue weighted by Crippen LogP contribution is -2.39. The second-order valence-corrected chi connectivity index (χ2v) is 4.85. The van der Waals surface area contributed by atoms with E-state index in [0.717, 1.165) is 13.0 Å². The fraction of sp³-hybridized carbons (Fsp3) is 0.583. The van der Waals surface area contributed by atoms with Gasteiger partial charge in [-0.25, -0.2) is 4.98 Å². The molecule has 96 valence electrons. The number of rotatable bonds is 2. The number of hydrogen-bond donors (Lipinski definition) is 1. The lowest BCUT2D eigenvalue weighted by Gasteiger charge is -2.23. The van der Waals surface area contributed by atoms with Gasteiger partial charge in [-0.15, -0.1) is 0 Å². The number of nitrogens with one attached hydrogen (secondary N) is 1. The van der Waals surface area contributed by atoms with E-state index >= 15 is 0 Å². The minimum Gasteiger partial charge on any atom is -0.312 e. The molecule has 6 nitrogen and oxygen atoms in total. The Labute approximate surface area is 105 Å². The number of hydrogen-bond acceptors (Lipinski definition) is 4. The molecule has 0 aromatic carbocycles. The molecule has 6 heteroatoms. The average Bonchev–Trinajstić information content (AvgIpc) is 2.77. The minimum atomic E-state index is 0.000438. The van der Waals surface area contributed by atoms with Crippen LogP contribution in [0.25, 0.3) is 11.0 Å². The zero-order valence-electron chi connectivity index (χ0n) is 10.5. The van der Waals surface area contributed by atoms with Gasteiger partial charge >= 0.3 is 0 Å². The fourth-order valence-electron chi connectivity index (χ4n) is 2.51. The zero-order chi connectivity index (χ0) is 12.5. The first-order valence-corrected chi connectivity index (χ1v) is 6.36. The summed E-state index contributed by atoms with van der Waals surface area (Å²) in [5.41, 5.74) is 0.647. The summed E-state index contributed by atoms with van der Waals surface area (Å²) < 4.78 is 3.31. The molecule has 18 heavy (non-hydrogen) atoms. The van der Waals surface area contributed by atoms with E-state index in [4.69, 9.17) is 0 Å². The zero-order valence-corrected chi connectivity index (χ0v) is 10.5. The fourth-order valence-corrected chi connectivity index (χ4v) is 2.51. The molecule has 0 bridgehead atoms. The maximum absolute atomic E-state index is 12.3. The van der Waals surface area contributed by atoms with Crippen LogP contribution in [0.1, 0.15) is 19.3 Å². The summed E-state index contributed by atoms with van der Waals surface area (Å²) in [5.74, 6) is 0. The van der Waals surface area contributed by atoms with E-state index in [1.54, 1.807) is 28.8 Å². The molecule has 1 atom stereocenters. The average molecular weight is 247 g/mol. The van der Waals surface area contributed by atoms with Crippen LogP contribution in [0.4, 0.5) is 0 Å². The second kappa shape index (κ2) is 4.53. The van der Waals surface area contributed by atoms with E-state index in [9.17, 15) is 4.79 Å². The molecule has 1 saturated heterocycles. The quantitative estimate of drug-likeness (QED) is 0.827. The standard InChI is InChI=1S/C12H17N5O/c1-16-11-10(6-15-16)12(18)17(8-14-11)7-9-4-2-3-5-13-9/h6,8-9,13H,2-5,7H2,1H3. The largest absolute Gasteiger partial charge is 0.312 e. The Bertz CT molecular complexity index is 608. The lowest BCUT2D eigenvalue weighted by atomic mass is 10.1. The smallest absolute Gasteiger partial charge is 0.264 e. The van der Waals surface area contributed by atoms with E-state index in [-0.39, 0.29) is 5.56 Å². The van der Waals surface area contributed by atoms with Gasteiger partial charge in [0.05, 0.1) is 6.20 Å². The van der Waals surface area contributed by atoms with Gasteiger partial charge in [-0.1, -0.05) is 6.42 Å². The van der Waals surface area contributed by atoms with E-state index in [2.05, 4.69) is 15.4 Å². The van der Waals surface area contributed by atoms with Crippen molar-refractivity contribution in [2.24, 2.45) is 7.05 Å². The van der Waals surface area contributed by atoms with Crippen molar-refractivity contribution in [1.29, 1.82) is 0 Å². The Hall–Kier alpha value is -1.69. The highest BCUT2D eigenvalue weighted by Gasteiger charge is 2.15. The Morgan fingerprint density at radius 1 is 1.50 bits per heavy atom. The second-order valence-electron chi connectivity index (χ2n) is 4.85. The molecule has 0 amide bonds. The topological polar surface area (TPSA) is 64.7 Å². The Kier molecular flexibility index (Phi) is 2.87. The summed E-state index contributed by atoms with van der Waals surface area (Å²) in [6.45, 7) is 1.73. The molecule has 0 aliphatic carbocycles. The molecule has 0 radical (unpaired) electrons. The Morgan fingerprint density at radius 2 is 2.39 bits per heavy atom. The molecule has 1 aliphatic rings. The molecule has 3 heterocycles. The van der Waals surface area contributed by atoms with E-state index in [1.807, 2.05) is 0 Å². The number of aryl methyl sites for hydroxylation is 1. The summed E-state index contributed by atoms with van der Waals surface area (Å²) in [6, 6.07) is 0.382. The highest BCUT2D eigenvalue weighted by atomic mass is 16.1. The van der Waals surface area contributed by atoms with Crippen LogP contribution in [-0.4, -0.2) is 31.9 Å². The van der Waals surface area contributed by atoms with E-state index < -0.39 is 0 Å². The van der Waals surface area contributed by atoms with Gasteiger partial charge in [0.2, 0.25) is 0 Å². The summed E-state index contributed by atoms with van der Waals surface area (Å²) in [6.07, 6.45) is 6.80. The molecule has 2 aromatic rings. The van der Waals surface area contributed by atoms with Gasteiger partial charge in [-0.2, -0.15) is 5.10 Å². The summed E-state index contributed by atoms with van der Waals surface area (Å²) in [4.78, 5) is 16.6. The molecule has 2 aromatic heterocycles. The first-order valence-electron chi connectivity index (χ1n) is 6.36. The molecule has 1 aliphatic heterocycles. The normalized spacial score (nSPS) is 20.4. The van der Waals surface area contributed by atoms with Crippen LogP contribution < -0.4 is 10.9 Å². The number of fused-ring (bicyclic) bond motifs is 1. The van der Waals surface area contributed by atoms with Crippen LogP contribution in [0.2, 0.25) is 0 Å². The Morgan fingerprint density at radius 3 is 3.17 bits per heavy atom. The molecule has 1 unspecified atom stereocenters. The highest BCUT2D eigenvalue weighted by Crippen LogP contribution is 2.09. The maximum Gasteiger partial charge on any atom is 0.264 e. The third-order valence-electron chi connectivity index (χ3n) is 3.55. The number of piperidine rings is 1.